The number of anilines is 1. The Morgan fingerprint density at radius 1 is 1.15 bits per heavy atom. The van der Waals surface area contributed by atoms with Gasteiger partial charge in [0.25, 0.3) is 0 Å². The van der Waals surface area contributed by atoms with Crippen molar-refractivity contribution < 1.29 is 0 Å². The third-order valence-electron chi connectivity index (χ3n) is 4.11. The van der Waals surface area contributed by atoms with Crippen molar-refractivity contribution in [2.24, 2.45) is 0 Å². The highest BCUT2D eigenvalue weighted by molar-refractivity contribution is 5.62. The second-order valence-corrected chi connectivity index (χ2v) is 5.68. The standard InChI is InChI=1S/C17H25N3/c1-14-7-6-8-15(13-18)17(14)20-12-11-19-16-9-4-2-3-5-10-16/h6-8,16,19-20H,2-5,9-12H2,1H3. The Kier molecular flexibility index (Phi) is 5.88. The molecule has 3 heteroatoms. The van der Waals surface area contributed by atoms with Crippen LogP contribution in [0.3, 0.4) is 0 Å². The van der Waals surface area contributed by atoms with Crippen LogP contribution in [0.15, 0.2) is 18.2 Å². The van der Waals surface area contributed by atoms with Crippen molar-refractivity contribution in [3.63, 3.8) is 0 Å². The molecule has 2 N–H and O–H groups in total. The summed E-state index contributed by atoms with van der Waals surface area (Å²) in [4.78, 5) is 0. The van der Waals surface area contributed by atoms with Crippen LogP contribution < -0.4 is 10.6 Å². The monoisotopic (exact) mass is 271 g/mol. The maximum absolute atomic E-state index is 9.13. The molecule has 0 radical (unpaired) electrons. The number of nitrogens with one attached hydrogen (secondary N) is 2. The minimum Gasteiger partial charge on any atom is -0.382 e. The summed E-state index contributed by atoms with van der Waals surface area (Å²) >= 11 is 0. The van der Waals surface area contributed by atoms with Gasteiger partial charge in [-0.15, -0.1) is 0 Å². The second kappa shape index (κ2) is 7.91. The normalized spacial score (nSPS) is 16.4. The Hall–Kier alpha value is -1.53. The van der Waals surface area contributed by atoms with Gasteiger partial charge in [-0.25, -0.2) is 0 Å². The van der Waals surface area contributed by atoms with Gasteiger partial charge in [-0.3, -0.25) is 0 Å². The lowest BCUT2D eigenvalue weighted by Gasteiger charge is -2.17. The van der Waals surface area contributed by atoms with Crippen LogP contribution >= 0.6 is 0 Å². The van der Waals surface area contributed by atoms with Gasteiger partial charge in [0.05, 0.1) is 11.3 Å². The lowest BCUT2D eigenvalue weighted by atomic mass is 10.1. The summed E-state index contributed by atoms with van der Waals surface area (Å²) in [5, 5.41) is 16.2. The lowest BCUT2D eigenvalue weighted by molar-refractivity contribution is 0.468. The molecule has 1 aromatic carbocycles. The Morgan fingerprint density at radius 3 is 2.60 bits per heavy atom. The molecular formula is C17H25N3. The topological polar surface area (TPSA) is 47.9 Å². The fourth-order valence-corrected chi connectivity index (χ4v) is 2.94. The van der Waals surface area contributed by atoms with Crippen molar-refractivity contribution in [1.82, 2.24) is 5.32 Å². The van der Waals surface area contributed by atoms with E-state index in [1.54, 1.807) is 0 Å². The molecule has 0 heterocycles. The quantitative estimate of drug-likeness (QED) is 0.635. The highest BCUT2D eigenvalue weighted by Gasteiger charge is 2.11. The number of aryl methyl sites for hydroxylation is 1. The molecule has 0 unspecified atom stereocenters. The molecule has 1 saturated carbocycles. The van der Waals surface area contributed by atoms with Crippen molar-refractivity contribution in [2.75, 3.05) is 18.4 Å². The minimum atomic E-state index is 0.687. The maximum atomic E-state index is 9.13. The summed E-state index contributed by atoms with van der Waals surface area (Å²) in [7, 11) is 0. The average Bonchev–Trinajstić information content (AvgIpc) is 2.73. The van der Waals surface area contributed by atoms with E-state index < -0.39 is 0 Å². The molecule has 3 nitrogen and oxygen atoms in total. The van der Waals surface area contributed by atoms with Crippen LogP contribution in [0.2, 0.25) is 0 Å². The summed E-state index contributed by atoms with van der Waals surface area (Å²) in [5.74, 6) is 0. The second-order valence-electron chi connectivity index (χ2n) is 5.68. The van der Waals surface area contributed by atoms with Crippen LogP contribution in [0, 0.1) is 18.3 Å². The van der Waals surface area contributed by atoms with Crippen LogP contribution in [0.5, 0.6) is 0 Å². The van der Waals surface area contributed by atoms with E-state index in [9.17, 15) is 0 Å². The summed E-state index contributed by atoms with van der Waals surface area (Å²) in [6.45, 7) is 3.88. The van der Waals surface area contributed by atoms with E-state index in [-0.39, 0.29) is 0 Å². The fourth-order valence-electron chi connectivity index (χ4n) is 2.94. The Balaban J connectivity index is 1.77. The minimum absolute atomic E-state index is 0.687. The van der Waals surface area contributed by atoms with Crippen LogP contribution in [-0.4, -0.2) is 19.1 Å². The van der Waals surface area contributed by atoms with Gasteiger partial charge in [0.15, 0.2) is 0 Å². The van der Waals surface area contributed by atoms with E-state index >= 15 is 0 Å². The molecule has 0 spiro atoms. The Morgan fingerprint density at radius 2 is 1.90 bits per heavy atom. The first-order chi connectivity index (χ1) is 9.81. The summed E-state index contributed by atoms with van der Waals surface area (Å²) in [6.07, 6.45) is 8.14. The molecule has 0 aliphatic heterocycles. The zero-order chi connectivity index (χ0) is 14.2. The first kappa shape index (κ1) is 14.9. The molecular weight excluding hydrogens is 246 g/mol. The molecule has 1 aromatic rings. The van der Waals surface area contributed by atoms with Gasteiger partial charge >= 0.3 is 0 Å². The fraction of sp³-hybridized carbons (Fsp3) is 0.588. The molecule has 0 bridgehead atoms. The van der Waals surface area contributed by atoms with Crippen molar-refractivity contribution in [3.05, 3.63) is 29.3 Å². The zero-order valence-electron chi connectivity index (χ0n) is 12.4. The van der Waals surface area contributed by atoms with E-state index in [1.807, 2.05) is 25.1 Å². The van der Waals surface area contributed by atoms with E-state index in [0.717, 1.165) is 29.9 Å². The molecule has 1 fully saturated rings. The van der Waals surface area contributed by atoms with Gasteiger partial charge in [0, 0.05) is 19.1 Å². The SMILES string of the molecule is Cc1cccc(C#N)c1NCCNC1CCCCCC1. The molecule has 108 valence electrons. The van der Waals surface area contributed by atoms with E-state index in [2.05, 4.69) is 16.7 Å². The number of nitrogens with zero attached hydrogens (tertiary/aromatic N) is 1. The first-order valence-electron chi connectivity index (χ1n) is 7.78. The molecule has 0 aromatic heterocycles. The number of benzene rings is 1. The summed E-state index contributed by atoms with van der Waals surface area (Å²) in [6, 6.07) is 8.78. The van der Waals surface area contributed by atoms with Crippen molar-refractivity contribution in [3.8, 4) is 6.07 Å². The lowest BCUT2D eigenvalue weighted by Crippen LogP contribution is -2.32. The number of hydrogen-bond acceptors (Lipinski definition) is 3. The third-order valence-corrected chi connectivity index (χ3v) is 4.11. The van der Waals surface area contributed by atoms with E-state index in [1.165, 1.54) is 38.5 Å². The highest BCUT2D eigenvalue weighted by atomic mass is 15.0. The predicted octanol–water partition coefficient (Wildman–Crippen LogP) is 3.59. The van der Waals surface area contributed by atoms with Crippen molar-refractivity contribution in [1.29, 1.82) is 5.26 Å². The van der Waals surface area contributed by atoms with Crippen molar-refractivity contribution >= 4 is 5.69 Å². The summed E-state index contributed by atoms with van der Waals surface area (Å²) < 4.78 is 0. The molecule has 0 atom stereocenters. The number of rotatable bonds is 5. The Labute approximate surface area is 122 Å². The van der Waals surface area contributed by atoms with Crippen LogP contribution in [0.4, 0.5) is 5.69 Å². The molecule has 0 amide bonds. The molecule has 0 saturated heterocycles. The smallest absolute Gasteiger partial charge is 0.101 e. The highest BCUT2D eigenvalue weighted by Crippen LogP contribution is 2.19. The van der Waals surface area contributed by atoms with Crippen molar-refractivity contribution in [2.45, 2.75) is 51.5 Å². The van der Waals surface area contributed by atoms with Gasteiger partial charge in [0.1, 0.15) is 6.07 Å². The van der Waals surface area contributed by atoms with Crippen LogP contribution in [-0.2, 0) is 0 Å². The van der Waals surface area contributed by atoms with E-state index in [0.29, 0.717) is 6.04 Å². The van der Waals surface area contributed by atoms with Crippen LogP contribution in [0.25, 0.3) is 0 Å². The number of nitriles is 1. The van der Waals surface area contributed by atoms with Gasteiger partial charge < -0.3 is 10.6 Å². The molecule has 1 aliphatic rings. The maximum Gasteiger partial charge on any atom is 0.101 e. The van der Waals surface area contributed by atoms with Gasteiger partial charge in [-0.2, -0.15) is 5.26 Å². The predicted molar refractivity (Wildman–Crippen MR) is 83.9 cm³/mol. The van der Waals surface area contributed by atoms with E-state index in [4.69, 9.17) is 5.26 Å². The van der Waals surface area contributed by atoms with Gasteiger partial charge in [-0.1, -0.05) is 37.8 Å². The summed E-state index contributed by atoms with van der Waals surface area (Å²) in [5.41, 5.74) is 2.86. The molecule has 20 heavy (non-hydrogen) atoms. The number of hydrogen-bond donors (Lipinski definition) is 2. The third kappa shape index (κ3) is 4.25. The van der Waals surface area contributed by atoms with Gasteiger partial charge in [-0.05, 0) is 31.4 Å². The Bertz CT molecular complexity index is 454. The first-order valence-corrected chi connectivity index (χ1v) is 7.78. The average molecular weight is 271 g/mol. The molecule has 2 rings (SSSR count). The number of para-hydroxylation sites is 1. The van der Waals surface area contributed by atoms with Gasteiger partial charge in [0.2, 0.25) is 0 Å². The molecule has 1 aliphatic carbocycles. The zero-order valence-corrected chi connectivity index (χ0v) is 12.4. The van der Waals surface area contributed by atoms with Crippen LogP contribution in [0.1, 0.15) is 49.7 Å². The largest absolute Gasteiger partial charge is 0.382 e.